The number of nitrogens with one attached hydrogen (secondary N) is 2. The number of carbonyl (C=O) groups excluding carboxylic acids is 1. The number of benzene rings is 1. The summed E-state index contributed by atoms with van der Waals surface area (Å²) in [6.45, 7) is 2.96. The molecule has 0 unspecified atom stereocenters. The van der Waals surface area contributed by atoms with Crippen molar-refractivity contribution in [3.8, 4) is 11.5 Å². The van der Waals surface area contributed by atoms with E-state index in [1.165, 1.54) is 0 Å². The Labute approximate surface area is 125 Å². The van der Waals surface area contributed by atoms with Gasteiger partial charge in [0.2, 0.25) is 5.91 Å². The van der Waals surface area contributed by atoms with Gasteiger partial charge in [0, 0.05) is 33.2 Å². The molecule has 118 valence electrons. The molecule has 0 heterocycles. The number of methoxy groups -OCH3 is 2. The maximum atomic E-state index is 11.4. The minimum atomic E-state index is 0.0237. The van der Waals surface area contributed by atoms with Gasteiger partial charge in [0.15, 0.2) is 0 Å². The van der Waals surface area contributed by atoms with Crippen LogP contribution in [-0.2, 0) is 9.53 Å². The lowest BCUT2D eigenvalue weighted by molar-refractivity contribution is -0.121. The van der Waals surface area contributed by atoms with Crippen LogP contribution in [0.5, 0.6) is 11.5 Å². The lowest BCUT2D eigenvalue weighted by atomic mass is 10.3. The molecule has 6 nitrogen and oxygen atoms in total. The third-order valence-electron chi connectivity index (χ3n) is 2.76. The minimum absolute atomic E-state index is 0.0237. The number of rotatable bonds is 11. The summed E-state index contributed by atoms with van der Waals surface area (Å²) < 4.78 is 15.5. The maximum absolute atomic E-state index is 11.4. The highest BCUT2D eigenvalue weighted by molar-refractivity contribution is 5.75. The normalized spacial score (nSPS) is 10.2. The van der Waals surface area contributed by atoms with Gasteiger partial charge in [0.1, 0.15) is 18.1 Å². The lowest BCUT2D eigenvalue weighted by Gasteiger charge is -2.08. The van der Waals surface area contributed by atoms with Gasteiger partial charge in [-0.15, -0.1) is 0 Å². The summed E-state index contributed by atoms with van der Waals surface area (Å²) in [5.74, 6) is 1.63. The number of carbonyl (C=O) groups is 1. The van der Waals surface area contributed by atoms with E-state index >= 15 is 0 Å². The fourth-order valence-electron chi connectivity index (χ4n) is 1.62. The van der Waals surface area contributed by atoms with Crippen molar-refractivity contribution in [3.63, 3.8) is 0 Å². The zero-order valence-corrected chi connectivity index (χ0v) is 12.7. The van der Waals surface area contributed by atoms with Gasteiger partial charge in [0.25, 0.3) is 0 Å². The average Bonchev–Trinajstić information content (AvgIpc) is 2.51. The molecular formula is C15H24N2O4. The first-order valence-corrected chi connectivity index (χ1v) is 6.99. The molecule has 0 aliphatic carbocycles. The molecule has 0 aromatic heterocycles. The molecule has 0 saturated carbocycles. The first-order valence-electron chi connectivity index (χ1n) is 6.99. The second kappa shape index (κ2) is 10.9. The molecule has 1 aromatic rings. The van der Waals surface area contributed by atoms with Crippen LogP contribution in [0.15, 0.2) is 24.3 Å². The topological polar surface area (TPSA) is 68.8 Å². The van der Waals surface area contributed by atoms with Gasteiger partial charge in [-0.2, -0.15) is 0 Å². The summed E-state index contributed by atoms with van der Waals surface area (Å²) in [4.78, 5) is 11.4. The molecule has 1 aromatic carbocycles. The quantitative estimate of drug-likeness (QED) is 0.592. The average molecular weight is 296 g/mol. The van der Waals surface area contributed by atoms with E-state index in [0.717, 1.165) is 11.5 Å². The zero-order chi connectivity index (χ0) is 15.3. The SMILES string of the molecule is COCCNC(=O)CCNCCOc1ccc(OC)cc1. The molecule has 21 heavy (non-hydrogen) atoms. The predicted octanol–water partition coefficient (Wildman–Crippen LogP) is 0.816. The van der Waals surface area contributed by atoms with Crippen LogP contribution in [0.1, 0.15) is 6.42 Å². The fraction of sp³-hybridized carbons (Fsp3) is 0.533. The van der Waals surface area contributed by atoms with Gasteiger partial charge in [-0.25, -0.2) is 0 Å². The predicted molar refractivity (Wildman–Crippen MR) is 80.9 cm³/mol. The van der Waals surface area contributed by atoms with E-state index in [4.69, 9.17) is 14.2 Å². The van der Waals surface area contributed by atoms with Crippen LogP contribution in [0.4, 0.5) is 0 Å². The summed E-state index contributed by atoms with van der Waals surface area (Å²) in [5, 5.41) is 5.92. The number of ether oxygens (including phenoxy) is 3. The van der Waals surface area contributed by atoms with Gasteiger partial charge >= 0.3 is 0 Å². The largest absolute Gasteiger partial charge is 0.497 e. The molecule has 1 rings (SSSR count). The van der Waals surface area contributed by atoms with E-state index in [9.17, 15) is 4.79 Å². The monoisotopic (exact) mass is 296 g/mol. The minimum Gasteiger partial charge on any atom is -0.497 e. The Balaban J connectivity index is 2.00. The standard InChI is InChI=1S/C15H24N2O4/c1-19-11-10-17-15(18)7-8-16-9-12-21-14-5-3-13(20-2)4-6-14/h3-6,16H,7-12H2,1-2H3,(H,17,18). The molecule has 0 aliphatic heterocycles. The Morgan fingerprint density at radius 3 is 2.38 bits per heavy atom. The molecule has 0 spiro atoms. The molecule has 0 atom stereocenters. The second-order valence-corrected chi connectivity index (χ2v) is 4.37. The molecule has 1 amide bonds. The summed E-state index contributed by atoms with van der Waals surface area (Å²) in [5.41, 5.74) is 0. The van der Waals surface area contributed by atoms with Crippen molar-refractivity contribution in [1.82, 2.24) is 10.6 Å². The Hall–Kier alpha value is -1.79. The van der Waals surface area contributed by atoms with Gasteiger partial charge in [0.05, 0.1) is 13.7 Å². The van der Waals surface area contributed by atoms with Crippen LogP contribution in [0.25, 0.3) is 0 Å². The first kappa shape index (κ1) is 17.3. The van der Waals surface area contributed by atoms with Gasteiger partial charge in [-0.3, -0.25) is 4.79 Å². The number of amides is 1. The summed E-state index contributed by atoms with van der Waals surface area (Å²) in [6.07, 6.45) is 0.451. The smallest absolute Gasteiger partial charge is 0.221 e. The Morgan fingerprint density at radius 2 is 1.71 bits per heavy atom. The highest BCUT2D eigenvalue weighted by atomic mass is 16.5. The van der Waals surface area contributed by atoms with Crippen molar-refractivity contribution < 1.29 is 19.0 Å². The summed E-state index contributed by atoms with van der Waals surface area (Å²) >= 11 is 0. The van der Waals surface area contributed by atoms with Crippen molar-refractivity contribution in [2.24, 2.45) is 0 Å². The Bertz CT molecular complexity index is 395. The highest BCUT2D eigenvalue weighted by Crippen LogP contribution is 2.16. The second-order valence-electron chi connectivity index (χ2n) is 4.37. The van der Waals surface area contributed by atoms with Crippen LogP contribution in [-0.4, -0.2) is 53.0 Å². The number of hydrogen-bond donors (Lipinski definition) is 2. The third kappa shape index (κ3) is 8.16. The van der Waals surface area contributed by atoms with Crippen molar-refractivity contribution in [2.45, 2.75) is 6.42 Å². The Morgan fingerprint density at radius 1 is 1.00 bits per heavy atom. The third-order valence-corrected chi connectivity index (χ3v) is 2.76. The van der Waals surface area contributed by atoms with Gasteiger partial charge < -0.3 is 24.8 Å². The van der Waals surface area contributed by atoms with Crippen LogP contribution >= 0.6 is 0 Å². The van der Waals surface area contributed by atoms with Crippen molar-refractivity contribution >= 4 is 5.91 Å². The Kier molecular flexibility index (Phi) is 8.99. The van der Waals surface area contributed by atoms with E-state index in [-0.39, 0.29) is 5.91 Å². The van der Waals surface area contributed by atoms with E-state index in [2.05, 4.69) is 10.6 Å². The van der Waals surface area contributed by atoms with E-state index < -0.39 is 0 Å². The van der Waals surface area contributed by atoms with Gasteiger partial charge in [-0.05, 0) is 24.3 Å². The van der Waals surface area contributed by atoms with Crippen molar-refractivity contribution in [2.75, 3.05) is 47.1 Å². The summed E-state index contributed by atoms with van der Waals surface area (Å²) in [7, 11) is 3.24. The number of hydrogen-bond acceptors (Lipinski definition) is 5. The van der Waals surface area contributed by atoms with E-state index in [0.29, 0.717) is 39.3 Å². The van der Waals surface area contributed by atoms with Crippen LogP contribution < -0.4 is 20.1 Å². The summed E-state index contributed by atoms with van der Waals surface area (Å²) in [6, 6.07) is 7.43. The van der Waals surface area contributed by atoms with Gasteiger partial charge in [-0.1, -0.05) is 0 Å². The molecule has 6 heteroatoms. The van der Waals surface area contributed by atoms with Crippen LogP contribution in [0.3, 0.4) is 0 Å². The molecule has 0 saturated heterocycles. The molecular weight excluding hydrogens is 272 g/mol. The van der Waals surface area contributed by atoms with Crippen molar-refractivity contribution in [1.29, 1.82) is 0 Å². The molecule has 0 radical (unpaired) electrons. The lowest BCUT2D eigenvalue weighted by Crippen LogP contribution is -2.31. The van der Waals surface area contributed by atoms with E-state index in [1.54, 1.807) is 14.2 Å². The zero-order valence-electron chi connectivity index (χ0n) is 12.7. The molecule has 2 N–H and O–H groups in total. The molecule has 0 bridgehead atoms. The van der Waals surface area contributed by atoms with Crippen LogP contribution in [0.2, 0.25) is 0 Å². The highest BCUT2D eigenvalue weighted by Gasteiger charge is 1.99. The first-order chi connectivity index (χ1) is 10.3. The van der Waals surface area contributed by atoms with Crippen LogP contribution in [0, 0.1) is 0 Å². The maximum Gasteiger partial charge on any atom is 0.221 e. The fourth-order valence-corrected chi connectivity index (χ4v) is 1.62. The molecule has 0 aliphatic rings. The molecule has 0 fully saturated rings. The van der Waals surface area contributed by atoms with Crippen molar-refractivity contribution in [3.05, 3.63) is 24.3 Å². The van der Waals surface area contributed by atoms with E-state index in [1.807, 2.05) is 24.3 Å².